The standard InChI is InChI=1S/C12H10N6S/c13-9-8-10(18-12(14)16-9)17-11(19)7(15-8)6-4-2-1-3-5-6/h1-5H,(H5,13,14,16,17,18,19). The number of nitrogens with zero attached hydrogens (tertiary/aromatic N) is 3. The smallest absolute Gasteiger partial charge is 0.224 e. The van der Waals surface area contributed by atoms with Crippen molar-refractivity contribution in [1.82, 2.24) is 19.9 Å². The molecule has 7 heteroatoms. The summed E-state index contributed by atoms with van der Waals surface area (Å²) in [6, 6.07) is 9.60. The minimum atomic E-state index is 0.0879. The quantitative estimate of drug-likeness (QED) is 0.583. The number of hydrogen-bond acceptors (Lipinski definition) is 6. The van der Waals surface area contributed by atoms with E-state index >= 15 is 0 Å². The Morgan fingerprint density at radius 1 is 1.00 bits per heavy atom. The van der Waals surface area contributed by atoms with Gasteiger partial charge in [0.25, 0.3) is 0 Å². The molecule has 0 aliphatic heterocycles. The molecular formula is C12H10N6S. The van der Waals surface area contributed by atoms with Crippen LogP contribution in [0.5, 0.6) is 0 Å². The number of nitrogens with one attached hydrogen (secondary N) is 1. The third-order valence-electron chi connectivity index (χ3n) is 2.65. The Bertz CT molecular complexity index is 812. The van der Waals surface area contributed by atoms with E-state index in [1.165, 1.54) is 0 Å². The predicted octanol–water partition coefficient (Wildman–Crippen LogP) is 1.91. The highest BCUT2D eigenvalue weighted by molar-refractivity contribution is 7.71. The average molecular weight is 270 g/mol. The first-order valence-corrected chi connectivity index (χ1v) is 5.94. The molecule has 0 saturated heterocycles. The molecule has 0 spiro atoms. The molecule has 0 fully saturated rings. The second kappa shape index (κ2) is 4.29. The summed E-state index contributed by atoms with van der Waals surface area (Å²) < 4.78 is 0.483. The van der Waals surface area contributed by atoms with Gasteiger partial charge in [-0.1, -0.05) is 42.5 Å². The summed E-state index contributed by atoms with van der Waals surface area (Å²) in [4.78, 5) is 15.4. The molecule has 2 heterocycles. The molecule has 0 radical (unpaired) electrons. The zero-order chi connectivity index (χ0) is 13.4. The lowest BCUT2D eigenvalue weighted by molar-refractivity contribution is 1.16. The van der Waals surface area contributed by atoms with Gasteiger partial charge in [-0.3, -0.25) is 0 Å². The molecule has 2 aromatic heterocycles. The zero-order valence-electron chi connectivity index (χ0n) is 9.79. The first-order valence-electron chi connectivity index (χ1n) is 5.53. The van der Waals surface area contributed by atoms with E-state index in [0.29, 0.717) is 21.5 Å². The summed E-state index contributed by atoms with van der Waals surface area (Å²) >= 11 is 5.29. The van der Waals surface area contributed by atoms with Crippen LogP contribution in [0.1, 0.15) is 0 Å². The van der Waals surface area contributed by atoms with E-state index in [4.69, 9.17) is 23.7 Å². The Morgan fingerprint density at radius 2 is 1.74 bits per heavy atom. The van der Waals surface area contributed by atoms with Gasteiger partial charge in [-0.05, 0) is 0 Å². The van der Waals surface area contributed by atoms with Gasteiger partial charge in [-0.15, -0.1) is 0 Å². The fraction of sp³-hybridized carbons (Fsp3) is 0. The van der Waals surface area contributed by atoms with Gasteiger partial charge in [-0.2, -0.15) is 9.97 Å². The maximum Gasteiger partial charge on any atom is 0.224 e. The number of rotatable bonds is 1. The number of fused-ring (bicyclic) bond motifs is 1. The Hall–Kier alpha value is -2.54. The van der Waals surface area contributed by atoms with Crippen molar-refractivity contribution in [1.29, 1.82) is 0 Å². The van der Waals surface area contributed by atoms with E-state index in [1.807, 2.05) is 30.3 Å². The number of nitrogens with two attached hydrogens (primary N) is 2. The highest BCUT2D eigenvalue weighted by Gasteiger charge is 2.09. The predicted molar refractivity (Wildman–Crippen MR) is 76.8 cm³/mol. The molecule has 6 nitrogen and oxygen atoms in total. The fourth-order valence-corrected chi connectivity index (χ4v) is 2.07. The van der Waals surface area contributed by atoms with E-state index in [0.717, 1.165) is 5.56 Å². The van der Waals surface area contributed by atoms with E-state index in [-0.39, 0.29) is 11.8 Å². The fourth-order valence-electron chi connectivity index (χ4n) is 1.81. The maximum absolute atomic E-state index is 5.81. The zero-order valence-corrected chi connectivity index (χ0v) is 10.6. The van der Waals surface area contributed by atoms with Crippen molar-refractivity contribution in [3.8, 4) is 11.3 Å². The molecule has 0 atom stereocenters. The second-order valence-corrected chi connectivity index (χ2v) is 4.35. The SMILES string of the molecule is Nc1nc(N)c2nc(-c3ccccc3)c(=S)[nH]c2n1. The molecule has 1 aromatic carbocycles. The Kier molecular flexibility index (Phi) is 2.60. The van der Waals surface area contributed by atoms with Crippen LogP contribution < -0.4 is 11.5 Å². The lowest BCUT2D eigenvalue weighted by Crippen LogP contribution is -2.04. The Balaban J connectivity index is 2.34. The lowest BCUT2D eigenvalue weighted by atomic mass is 10.2. The third-order valence-corrected chi connectivity index (χ3v) is 2.94. The number of aromatic amines is 1. The van der Waals surface area contributed by atoms with Crippen LogP contribution in [0.25, 0.3) is 22.4 Å². The van der Waals surface area contributed by atoms with Crippen molar-refractivity contribution < 1.29 is 0 Å². The summed E-state index contributed by atoms with van der Waals surface area (Å²) in [5.74, 6) is 0.316. The lowest BCUT2D eigenvalue weighted by Gasteiger charge is -2.05. The monoisotopic (exact) mass is 270 g/mol. The maximum atomic E-state index is 5.81. The van der Waals surface area contributed by atoms with Gasteiger partial charge in [-0.25, -0.2) is 4.98 Å². The molecule has 3 rings (SSSR count). The largest absolute Gasteiger partial charge is 0.382 e. The number of hydrogen-bond donors (Lipinski definition) is 3. The highest BCUT2D eigenvalue weighted by atomic mass is 32.1. The van der Waals surface area contributed by atoms with Crippen LogP contribution in [0.4, 0.5) is 11.8 Å². The topological polar surface area (TPSA) is 106 Å². The van der Waals surface area contributed by atoms with E-state index in [9.17, 15) is 0 Å². The van der Waals surface area contributed by atoms with Crippen molar-refractivity contribution >= 4 is 35.1 Å². The number of aromatic nitrogens is 4. The van der Waals surface area contributed by atoms with Gasteiger partial charge in [0, 0.05) is 5.56 Å². The van der Waals surface area contributed by atoms with E-state index < -0.39 is 0 Å². The van der Waals surface area contributed by atoms with E-state index in [2.05, 4.69) is 19.9 Å². The molecule has 0 unspecified atom stereocenters. The molecular weight excluding hydrogens is 260 g/mol. The molecule has 94 valence electrons. The first kappa shape index (κ1) is 11.5. The van der Waals surface area contributed by atoms with Gasteiger partial charge in [0.2, 0.25) is 5.95 Å². The number of benzene rings is 1. The van der Waals surface area contributed by atoms with Gasteiger partial charge >= 0.3 is 0 Å². The van der Waals surface area contributed by atoms with Crippen molar-refractivity contribution in [3.63, 3.8) is 0 Å². The summed E-state index contributed by atoms with van der Waals surface area (Å²) in [5, 5.41) is 0. The van der Waals surface area contributed by atoms with Gasteiger partial charge in [0.1, 0.15) is 15.9 Å². The molecule has 0 amide bonds. The van der Waals surface area contributed by atoms with Crippen molar-refractivity contribution in [2.75, 3.05) is 11.5 Å². The van der Waals surface area contributed by atoms with Crippen LogP contribution in [-0.2, 0) is 0 Å². The summed E-state index contributed by atoms with van der Waals surface area (Å²) in [5.41, 5.74) is 13.8. The van der Waals surface area contributed by atoms with Crippen molar-refractivity contribution in [2.24, 2.45) is 0 Å². The Labute approximate surface area is 113 Å². The van der Waals surface area contributed by atoms with Crippen LogP contribution in [0.3, 0.4) is 0 Å². The highest BCUT2D eigenvalue weighted by Crippen LogP contribution is 2.22. The van der Waals surface area contributed by atoms with Gasteiger partial charge in [0.05, 0.1) is 0 Å². The molecule has 0 saturated carbocycles. The van der Waals surface area contributed by atoms with Gasteiger partial charge < -0.3 is 16.5 Å². The second-order valence-electron chi connectivity index (χ2n) is 3.94. The molecule has 0 bridgehead atoms. The van der Waals surface area contributed by atoms with Crippen molar-refractivity contribution in [2.45, 2.75) is 0 Å². The van der Waals surface area contributed by atoms with E-state index in [1.54, 1.807) is 0 Å². The molecule has 0 aliphatic rings. The minimum Gasteiger partial charge on any atom is -0.382 e. The summed E-state index contributed by atoms with van der Waals surface area (Å²) in [6.45, 7) is 0. The molecule has 19 heavy (non-hydrogen) atoms. The Morgan fingerprint density at radius 3 is 2.47 bits per heavy atom. The normalized spacial score (nSPS) is 10.7. The molecule has 0 aliphatic carbocycles. The number of H-pyrrole nitrogens is 1. The minimum absolute atomic E-state index is 0.0879. The van der Waals surface area contributed by atoms with Gasteiger partial charge in [0.15, 0.2) is 11.5 Å². The average Bonchev–Trinajstić information content (AvgIpc) is 2.38. The molecule has 3 aromatic rings. The number of anilines is 2. The number of nitrogen functional groups attached to an aromatic ring is 2. The van der Waals surface area contributed by atoms with Crippen LogP contribution in [-0.4, -0.2) is 19.9 Å². The van der Waals surface area contributed by atoms with Crippen LogP contribution >= 0.6 is 12.2 Å². The summed E-state index contributed by atoms with van der Waals surface area (Å²) in [6.07, 6.45) is 0. The van der Waals surface area contributed by atoms with Crippen LogP contribution in [0, 0.1) is 4.64 Å². The third kappa shape index (κ3) is 2.00. The van der Waals surface area contributed by atoms with Crippen molar-refractivity contribution in [3.05, 3.63) is 35.0 Å². The summed E-state index contributed by atoms with van der Waals surface area (Å²) in [7, 11) is 0. The molecule has 5 N–H and O–H groups in total. The van der Waals surface area contributed by atoms with Crippen LogP contribution in [0.2, 0.25) is 0 Å². The van der Waals surface area contributed by atoms with Crippen LogP contribution in [0.15, 0.2) is 30.3 Å². The first-order chi connectivity index (χ1) is 9.15.